The summed E-state index contributed by atoms with van der Waals surface area (Å²) < 4.78 is 9.81. The summed E-state index contributed by atoms with van der Waals surface area (Å²) >= 11 is 9.29. The van der Waals surface area contributed by atoms with Gasteiger partial charge in [0.1, 0.15) is 18.2 Å². The number of nitrogens with zero attached hydrogens (tertiary/aromatic N) is 5. The lowest BCUT2D eigenvalue weighted by molar-refractivity contribution is -0.384. The van der Waals surface area contributed by atoms with Crippen LogP contribution in [0.3, 0.4) is 0 Å². The molecule has 0 unspecified atom stereocenters. The molecular formula is C21H16BrClN6O4. The molecule has 0 spiro atoms. The molecule has 0 atom stereocenters. The van der Waals surface area contributed by atoms with E-state index >= 15 is 0 Å². The smallest absolute Gasteiger partial charge is 0.276 e. The molecule has 10 nitrogen and oxygen atoms in total. The van der Waals surface area contributed by atoms with E-state index in [0.717, 1.165) is 10.0 Å². The Morgan fingerprint density at radius 3 is 2.76 bits per heavy atom. The molecule has 0 fully saturated rings. The predicted octanol–water partition coefficient (Wildman–Crippen LogP) is 5.26. The molecule has 2 aromatic heterocycles. The highest BCUT2D eigenvalue weighted by molar-refractivity contribution is 9.10. The van der Waals surface area contributed by atoms with Crippen LogP contribution in [0.1, 0.15) is 16.1 Å². The SMILES string of the molecule is Cc1cc(Cl)ccc1Oc1cc(NC(=O)c2ccn(Cn3cc(Br)cn3)n2)cc([N+](=O)[O-])c1. The van der Waals surface area contributed by atoms with Crippen molar-refractivity contribution in [2.24, 2.45) is 0 Å². The first-order valence-corrected chi connectivity index (χ1v) is 10.7. The Hall–Kier alpha value is -3.70. The quantitative estimate of drug-likeness (QED) is 0.257. The first-order valence-electron chi connectivity index (χ1n) is 9.53. The van der Waals surface area contributed by atoms with E-state index in [2.05, 4.69) is 31.4 Å². The number of halogens is 2. The van der Waals surface area contributed by atoms with Crippen LogP contribution in [0.4, 0.5) is 11.4 Å². The standard InChI is InChI=1S/C21H16BrClN6O4/c1-13-6-15(23)2-3-20(13)33-18-8-16(7-17(9-18)29(31)32)25-21(30)19-4-5-27(26-19)12-28-11-14(22)10-24-28/h2-11H,12H2,1H3,(H,25,30). The number of carbonyl (C=O) groups is 1. The summed E-state index contributed by atoms with van der Waals surface area (Å²) in [5, 5.41) is 22.9. The van der Waals surface area contributed by atoms with Crippen molar-refractivity contribution < 1.29 is 14.5 Å². The van der Waals surface area contributed by atoms with Gasteiger partial charge in [-0.25, -0.2) is 4.68 Å². The van der Waals surface area contributed by atoms with E-state index < -0.39 is 10.8 Å². The average molecular weight is 532 g/mol. The highest BCUT2D eigenvalue weighted by Crippen LogP contribution is 2.32. The lowest BCUT2D eigenvalue weighted by Gasteiger charge is -2.11. The Morgan fingerprint density at radius 2 is 2.06 bits per heavy atom. The fourth-order valence-corrected chi connectivity index (χ4v) is 3.55. The Kier molecular flexibility index (Phi) is 6.43. The molecule has 1 amide bonds. The number of nitro benzene ring substituents is 1. The number of non-ortho nitro benzene ring substituents is 1. The maximum atomic E-state index is 12.7. The number of anilines is 1. The molecule has 0 bridgehead atoms. The van der Waals surface area contributed by atoms with Crippen molar-refractivity contribution in [1.82, 2.24) is 19.6 Å². The Bertz CT molecular complexity index is 1350. The number of ether oxygens (including phenoxy) is 1. The molecule has 0 radical (unpaired) electrons. The molecule has 0 aliphatic carbocycles. The number of carbonyl (C=O) groups excluding carboxylic acids is 1. The zero-order valence-electron chi connectivity index (χ0n) is 17.1. The molecule has 0 aliphatic rings. The van der Waals surface area contributed by atoms with E-state index in [1.54, 1.807) is 59.1 Å². The molecule has 12 heteroatoms. The number of hydrogen-bond donors (Lipinski definition) is 1. The average Bonchev–Trinajstić information content (AvgIpc) is 3.39. The zero-order valence-corrected chi connectivity index (χ0v) is 19.4. The summed E-state index contributed by atoms with van der Waals surface area (Å²) in [5.74, 6) is 0.158. The monoisotopic (exact) mass is 530 g/mol. The lowest BCUT2D eigenvalue weighted by atomic mass is 10.2. The third-order valence-electron chi connectivity index (χ3n) is 4.49. The molecule has 168 valence electrons. The maximum Gasteiger partial charge on any atom is 0.276 e. The molecule has 33 heavy (non-hydrogen) atoms. The van der Waals surface area contributed by atoms with Gasteiger partial charge >= 0.3 is 0 Å². The van der Waals surface area contributed by atoms with Gasteiger partial charge in [0.25, 0.3) is 11.6 Å². The number of benzene rings is 2. The minimum atomic E-state index is -0.561. The van der Waals surface area contributed by atoms with E-state index in [9.17, 15) is 14.9 Å². The molecule has 0 aliphatic heterocycles. The van der Waals surface area contributed by atoms with Crippen molar-refractivity contribution >= 4 is 44.8 Å². The predicted molar refractivity (Wildman–Crippen MR) is 125 cm³/mol. The van der Waals surface area contributed by atoms with Gasteiger partial charge in [0, 0.05) is 29.5 Å². The van der Waals surface area contributed by atoms with Gasteiger partial charge in [-0.1, -0.05) is 11.6 Å². The van der Waals surface area contributed by atoms with Crippen molar-refractivity contribution in [3.05, 3.63) is 91.9 Å². The van der Waals surface area contributed by atoms with Crippen LogP contribution in [-0.4, -0.2) is 30.4 Å². The molecule has 0 saturated carbocycles. The van der Waals surface area contributed by atoms with E-state index in [1.165, 1.54) is 18.2 Å². The van der Waals surface area contributed by atoms with Gasteiger partial charge in [-0.05, 0) is 52.7 Å². The fraction of sp³-hybridized carbons (Fsp3) is 0.0952. The van der Waals surface area contributed by atoms with Crippen LogP contribution in [0.2, 0.25) is 5.02 Å². The summed E-state index contributed by atoms with van der Waals surface area (Å²) in [7, 11) is 0. The number of nitrogens with one attached hydrogen (secondary N) is 1. The van der Waals surface area contributed by atoms with Crippen molar-refractivity contribution in [3.63, 3.8) is 0 Å². The van der Waals surface area contributed by atoms with E-state index in [0.29, 0.717) is 17.4 Å². The molecule has 4 rings (SSSR count). The highest BCUT2D eigenvalue weighted by atomic mass is 79.9. The fourth-order valence-electron chi connectivity index (χ4n) is 2.99. The van der Waals surface area contributed by atoms with Crippen molar-refractivity contribution in [3.8, 4) is 11.5 Å². The first-order chi connectivity index (χ1) is 15.8. The minimum absolute atomic E-state index is 0.142. The topological polar surface area (TPSA) is 117 Å². The Balaban J connectivity index is 1.53. The Morgan fingerprint density at radius 1 is 1.24 bits per heavy atom. The Labute approximate surface area is 201 Å². The highest BCUT2D eigenvalue weighted by Gasteiger charge is 2.16. The number of hydrogen-bond acceptors (Lipinski definition) is 6. The normalized spacial score (nSPS) is 10.8. The molecule has 1 N–H and O–H groups in total. The van der Waals surface area contributed by atoms with E-state index in [4.69, 9.17) is 16.3 Å². The maximum absolute atomic E-state index is 12.7. The van der Waals surface area contributed by atoms with Crippen molar-refractivity contribution in [1.29, 1.82) is 0 Å². The summed E-state index contributed by atoms with van der Waals surface area (Å²) in [6.45, 7) is 2.12. The van der Waals surface area contributed by atoms with Crippen LogP contribution in [0.15, 0.2) is 65.5 Å². The van der Waals surface area contributed by atoms with Gasteiger partial charge < -0.3 is 10.1 Å². The number of aryl methyl sites for hydroxylation is 1. The molecule has 4 aromatic rings. The number of amides is 1. The van der Waals surface area contributed by atoms with Gasteiger partial charge in [-0.15, -0.1) is 0 Å². The van der Waals surface area contributed by atoms with Gasteiger partial charge in [-0.2, -0.15) is 10.2 Å². The van der Waals surface area contributed by atoms with Crippen molar-refractivity contribution in [2.45, 2.75) is 13.6 Å². The summed E-state index contributed by atoms with van der Waals surface area (Å²) in [6, 6.07) is 10.6. The second kappa shape index (κ2) is 9.43. The zero-order chi connectivity index (χ0) is 23.5. The number of nitro groups is 1. The lowest BCUT2D eigenvalue weighted by Crippen LogP contribution is -2.15. The minimum Gasteiger partial charge on any atom is -0.457 e. The first kappa shape index (κ1) is 22.5. The van der Waals surface area contributed by atoms with E-state index in [1.807, 2.05) is 0 Å². The van der Waals surface area contributed by atoms with Gasteiger partial charge in [0.15, 0.2) is 5.69 Å². The van der Waals surface area contributed by atoms with Gasteiger partial charge in [0.2, 0.25) is 0 Å². The van der Waals surface area contributed by atoms with Crippen molar-refractivity contribution in [2.75, 3.05) is 5.32 Å². The molecule has 0 saturated heterocycles. The van der Waals surface area contributed by atoms with Crippen LogP contribution < -0.4 is 10.1 Å². The summed E-state index contributed by atoms with van der Waals surface area (Å²) in [4.78, 5) is 23.5. The third kappa shape index (κ3) is 5.57. The van der Waals surface area contributed by atoms with Crippen LogP contribution in [-0.2, 0) is 6.67 Å². The van der Waals surface area contributed by atoms with Crippen LogP contribution in [0.5, 0.6) is 11.5 Å². The van der Waals surface area contributed by atoms with Gasteiger partial charge in [0.05, 0.1) is 27.3 Å². The van der Waals surface area contributed by atoms with Crippen LogP contribution in [0, 0.1) is 17.0 Å². The number of rotatable bonds is 7. The summed E-state index contributed by atoms with van der Waals surface area (Å²) in [6.07, 6.45) is 5.05. The van der Waals surface area contributed by atoms with Gasteiger partial charge in [-0.3, -0.25) is 19.6 Å². The second-order valence-corrected chi connectivity index (χ2v) is 8.37. The largest absolute Gasteiger partial charge is 0.457 e. The third-order valence-corrected chi connectivity index (χ3v) is 5.13. The van der Waals surface area contributed by atoms with Crippen LogP contribution in [0.25, 0.3) is 0 Å². The summed E-state index contributed by atoms with van der Waals surface area (Å²) in [5.41, 5.74) is 0.865. The molecular weight excluding hydrogens is 516 g/mol. The van der Waals surface area contributed by atoms with Crippen LogP contribution >= 0.6 is 27.5 Å². The molecule has 2 heterocycles. The number of aromatic nitrogens is 4. The van der Waals surface area contributed by atoms with E-state index in [-0.39, 0.29) is 22.8 Å². The second-order valence-electron chi connectivity index (χ2n) is 7.02. The molecule has 2 aromatic carbocycles.